The molecule has 0 aliphatic rings. The second kappa shape index (κ2) is 5.63. The van der Waals surface area contributed by atoms with E-state index in [1.54, 1.807) is 18.2 Å². The fraction of sp³-hybridized carbons (Fsp3) is 0. The zero-order chi connectivity index (χ0) is 14.8. The first-order valence-corrected chi connectivity index (χ1v) is 6.98. The first-order chi connectivity index (χ1) is 10.1. The number of amides is 1. The predicted octanol–water partition coefficient (Wildman–Crippen LogP) is 3.84. The third kappa shape index (κ3) is 2.93. The van der Waals surface area contributed by atoms with Crippen molar-refractivity contribution < 1.29 is 13.6 Å². The number of nitrogens with one attached hydrogen (secondary N) is 1. The van der Waals surface area contributed by atoms with Gasteiger partial charge < -0.3 is 4.42 Å². The second-order valence-electron chi connectivity index (χ2n) is 3.95. The molecule has 2 heterocycles. The van der Waals surface area contributed by atoms with Crippen LogP contribution in [0.1, 0.15) is 10.4 Å². The summed E-state index contributed by atoms with van der Waals surface area (Å²) in [6, 6.07) is 8.93. The van der Waals surface area contributed by atoms with E-state index in [1.165, 1.54) is 29.5 Å². The van der Waals surface area contributed by atoms with E-state index < -0.39 is 11.7 Å². The molecule has 2 aromatic heterocycles. The predicted molar refractivity (Wildman–Crippen MR) is 77.0 cm³/mol. The number of benzene rings is 1. The number of carbonyl (C=O) groups excluding carboxylic acids is 1. The second-order valence-corrected chi connectivity index (χ2v) is 5.67. The van der Waals surface area contributed by atoms with E-state index in [9.17, 15) is 9.18 Å². The number of aromatic nitrogens is 2. The van der Waals surface area contributed by atoms with Gasteiger partial charge in [-0.15, -0.1) is 16.4 Å². The van der Waals surface area contributed by atoms with Crippen LogP contribution in [0.4, 0.5) is 10.4 Å². The summed E-state index contributed by atoms with van der Waals surface area (Å²) in [4.78, 5) is 12.6. The number of thiophene rings is 1. The van der Waals surface area contributed by atoms with Crippen molar-refractivity contribution in [3.05, 3.63) is 52.1 Å². The van der Waals surface area contributed by atoms with E-state index in [0.717, 1.165) is 0 Å². The highest BCUT2D eigenvalue weighted by atomic mass is 35.5. The molecule has 0 aliphatic heterocycles. The van der Waals surface area contributed by atoms with Gasteiger partial charge in [0.2, 0.25) is 0 Å². The van der Waals surface area contributed by atoms with Crippen molar-refractivity contribution in [2.75, 3.05) is 5.32 Å². The standard InChI is InChI=1S/C13H7ClFN3O2S/c14-10-6-5-9(21-10)12-17-18-13(20-12)16-11(19)7-3-1-2-4-8(7)15/h1-6H,(H,16,18,19). The van der Waals surface area contributed by atoms with Gasteiger partial charge >= 0.3 is 6.01 Å². The van der Waals surface area contributed by atoms with E-state index in [2.05, 4.69) is 15.5 Å². The molecule has 0 aliphatic carbocycles. The quantitative estimate of drug-likeness (QED) is 0.795. The normalized spacial score (nSPS) is 10.6. The molecule has 1 aromatic carbocycles. The van der Waals surface area contributed by atoms with Crippen LogP contribution in [0.2, 0.25) is 4.34 Å². The van der Waals surface area contributed by atoms with Crippen LogP contribution in [-0.2, 0) is 0 Å². The van der Waals surface area contributed by atoms with Gasteiger partial charge in [-0.2, -0.15) is 0 Å². The van der Waals surface area contributed by atoms with Gasteiger partial charge in [-0.25, -0.2) is 4.39 Å². The van der Waals surface area contributed by atoms with Crippen molar-refractivity contribution in [1.82, 2.24) is 10.2 Å². The van der Waals surface area contributed by atoms with Gasteiger partial charge in [0.15, 0.2) is 0 Å². The Kier molecular flexibility index (Phi) is 3.68. The Balaban J connectivity index is 1.79. The summed E-state index contributed by atoms with van der Waals surface area (Å²) in [5.74, 6) is -1.05. The van der Waals surface area contributed by atoms with Crippen LogP contribution < -0.4 is 5.32 Å². The van der Waals surface area contributed by atoms with Crippen molar-refractivity contribution in [3.63, 3.8) is 0 Å². The van der Waals surface area contributed by atoms with Crippen LogP contribution in [0, 0.1) is 5.82 Å². The molecule has 0 spiro atoms. The Bertz CT molecular complexity index is 802. The van der Waals surface area contributed by atoms with Crippen molar-refractivity contribution in [1.29, 1.82) is 0 Å². The molecule has 3 aromatic rings. The van der Waals surface area contributed by atoms with Gasteiger partial charge in [0.25, 0.3) is 11.8 Å². The minimum atomic E-state index is -0.660. The van der Waals surface area contributed by atoms with Crippen molar-refractivity contribution in [2.45, 2.75) is 0 Å². The van der Waals surface area contributed by atoms with Gasteiger partial charge in [0.05, 0.1) is 14.8 Å². The van der Waals surface area contributed by atoms with Gasteiger partial charge in [-0.1, -0.05) is 28.8 Å². The van der Waals surface area contributed by atoms with Crippen molar-refractivity contribution in [3.8, 4) is 10.8 Å². The summed E-state index contributed by atoms with van der Waals surface area (Å²) in [5.41, 5.74) is -0.101. The monoisotopic (exact) mass is 323 g/mol. The molecule has 0 bridgehead atoms. The Labute approximate surface area is 127 Å². The van der Waals surface area contributed by atoms with Crippen LogP contribution in [0.5, 0.6) is 0 Å². The molecule has 0 fully saturated rings. The molecular weight excluding hydrogens is 317 g/mol. The third-order valence-electron chi connectivity index (χ3n) is 2.55. The Morgan fingerprint density at radius 1 is 1.24 bits per heavy atom. The molecule has 21 heavy (non-hydrogen) atoms. The van der Waals surface area contributed by atoms with Gasteiger partial charge in [-0.05, 0) is 24.3 Å². The maximum Gasteiger partial charge on any atom is 0.322 e. The topological polar surface area (TPSA) is 68.0 Å². The number of nitrogens with zero attached hydrogens (tertiary/aromatic N) is 2. The molecule has 0 saturated carbocycles. The van der Waals surface area contributed by atoms with Crippen molar-refractivity contribution in [2.24, 2.45) is 0 Å². The summed E-state index contributed by atoms with van der Waals surface area (Å²) in [7, 11) is 0. The van der Waals surface area contributed by atoms with E-state index in [4.69, 9.17) is 16.0 Å². The SMILES string of the molecule is O=C(Nc1nnc(-c2ccc(Cl)s2)o1)c1ccccc1F. The zero-order valence-electron chi connectivity index (χ0n) is 10.3. The van der Waals surface area contributed by atoms with Gasteiger partial charge in [-0.3, -0.25) is 10.1 Å². The molecular formula is C13H7ClFN3O2S. The number of halogens is 2. The fourth-order valence-corrected chi connectivity index (χ4v) is 2.58. The minimum Gasteiger partial charge on any atom is -0.402 e. The molecule has 8 heteroatoms. The highest BCUT2D eigenvalue weighted by molar-refractivity contribution is 7.19. The maximum absolute atomic E-state index is 13.5. The van der Waals surface area contributed by atoms with Crippen molar-refractivity contribution >= 4 is 34.9 Å². The molecule has 0 radical (unpaired) electrons. The minimum absolute atomic E-state index is 0.101. The molecule has 106 valence electrons. The number of rotatable bonds is 3. The van der Waals surface area contributed by atoms with Crippen LogP contribution in [0.3, 0.4) is 0 Å². The third-order valence-corrected chi connectivity index (χ3v) is 3.77. The lowest BCUT2D eigenvalue weighted by atomic mass is 10.2. The Hall–Kier alpha value is -2.25. The summed E-state index contributed by atoms with van der Waals surface area (Å²) >= 11 is 7.08. The number of hydrogen-bond acceptors (Lipinski definition) is 5. The highest BCUT2D eigenvalue weighted by Gasteiger charge is 2.16. The smallest absolute Gasteiger partial charge is 0.322 e. The Morgan fingerprint density at radius 3 is 2.76 bits per heavy atom. The molecule has 0 saturated heterocycles. The van der Waals surface area contributed by atoms with E-state index in [0.29, 0.717) is 9.21 Å². The lowest BCUT2D eigenvalue weighted by Crippen LogP contribution is -2.13. The lowest BCUT2D eigenvalue weighted by molar-refractivity contribution is 0.102. The molecule has 1 amide bonds. The van der Waals surface area contributed by atoms with Crippen LogP contribution in [-0.4, -0.2) is 16.1 Å². The molecule has 3 rings (SSSR count). The Morgan fingerprint density at radius 2 is 2.05 bits per heavy atom. The summed E-state index contributed by atoms with van der Waals surface area (Å²) < 4.78 is 19.3. The molecule has 1 N–H and O–H groups in total. The highest BCUT2D eigenvalue weighted by Crippen LogP contribution is 2.30. The summed E-state index contributed by atoms with van der Waals surface area (Å²) in [5, 5.41) is 9.83. The zero-order valence-corrected chi connectivity index (χ0v) is 11.9. The molecule has 5 nitrogen and oxygen atoms in total. The average Bonchev–Trinajstić information content (AvgIpc) is 3.08. The van der Waals surface area contributed by atoms with E-state index >= 15 is 0 Å². The van der Waals surface area contributed by atoms with E-state index in [-0.39, 0.29) is 17.5 Å². The summed E-state index contributed by atoms with van der Waals surface area (Å²) in [6.07, 6.45) is 0. The fourth-order valence-electron chi connectivity index (χ4n) is 1.61. The average molecular weight is 324 g/mol. The number of hydrogen-bond donors (Lipinski definition) is 1. The van der Waals surface area contributed by atoms with Crippen LogP contribution in [0.25, 0.3) is 10.8 Å². The van der Waals surface area contributed by atoms with E-state index in [1.807, 2.05) is 0 Å². The van der Waals surface area contributed by atoms with Gasteiger partial charge in [0.1, 0.15) is 5.82 Å². The molecule has 0 unspecified atom stereocenters. The largest absolute Gasteiger partial charge is 0.402 e. The lowest BCUT2D eigenvalue weighted by Gasteiger charge is -2.01. The summed E-state index contributed by atoms with van der Waals surface area (Å²) in [6.45, 7) is 0. The molecule has 0 atom stereocenters. The maximum atomic E-state index is 13.5. The van der Waals surface area contributed by atoms with Crippen LogP contribution in [0.15, 0.2) is 40.8 Å². The first-order valence-electron chi connectivity index (χ1n) is 5.78. The van der Waals surface area contributed by atoms with Gasteiger partial charge in [0, 0.05) is 0 Å². The first kappa shape index (κ1) is 13.7. The number of carbonyl (C=O) groups is 1. The van der Waals surface area contributed by atoms with Crippen LogP contribution >= 0.6 is 22.9 Å². The number of anilines is 1.